The smallest absolute Gasteiger partial charge is 0.123 e. The number of hydrogen-bond acceptors (Lipinski definition) is 2. The Morgan fingerprint density at radius 2 is 2.12 bits per heavy atom. The van der Waals surface area contributed by atoms with Crippen LogP contribution in [0.15, 0.2) is 36.1 Å². The third-order valence-electron chi connectivity index (χ3n) is 3.01. The summed E-state index contributed by atoms with van der Waals surface area (Å²) in [7, 11) is 1.92. The quantitative estimate of drug-likeness (QED) is 0.866. The number of likely N-dealkylation sites (N-methyl/N-ethyl adjacent to an activating group) is 1. The summed E-state index contributed by atoms with van der Waals surface area (Å²) in [6, 6.07) is 6.82. The molecule has 2 rings (SSSR count). The fourth-order valence-corrected chi connectivity index (χ4v) is 2.02. The lowest BCUT2D eigenvalue weighted by Gasteiger charge is -2.23. The van der Waals surface area contributed by atoms with Crippen molar-refractivity contribution in [2.45, 2.75) is 25.3 Å². The Morgan fingerprint density at radius 3 is 2.71 bits per heavy atom. The van der Waals surface area contributed by atoms with E-state index in [1.54, 1.807) is 0 Å². The van der Waals surface area contributed by atoms with Crippen LogP contribution in [0.2, 0.25) is 0 Å². The third kappa shape index (κ3) is 3.30. The van der Waals surface area contributed by atoms with Gasteiger partial charge in [0.25, 0.3) is 0 Å². The molecule has 1 heterocycles. The lowest BCUT2D eigenvalue weighted by molar-refractivity contribution is 0.169. The van der Waals surface area contributed by atoms with Crippen LogP contribution in [0.5, 0.6) is 0 Å². The molecular weight excluding hydrogens is 217 g/mol. The van der Waals surface area contributed by atoms with E-state index < -0.39 is 0 Å². The van der Waals surface area contributed by atoms with Crippen molar-refractivity contribution in [3.05, 3.63) is 47.5 Å². The number of rotatable bonds is 4. The van der Waals surface area contributed by atoms with E-state index in [9.17, 15) is 4.39 Å². The van der Waals surface area contributed by atoms with Crippen molar-refractivity contribution in [3.8, 4) is 0 Å². The fraction of sp³-hybridized carbons (Fsp3) is 0.429. The molecule has 1 aliphatic heterocycles. The van der Waals surface area contributed by atoms with Gasteiger partial charge in [-0.25, -0.2) is 4.39 Å². The molecule has 0 aliphatic carbocycles. The lowest BCUT2D eigenvalue weighted by atomic mass is 10.0. The molecular formula is C14H18FNO. The van der Waals surface area contributed by atoms with E-state index >= 15 is 0 Å². The van der Waals surface area contributed by atoms with E-state index in [-0.39, 0.29) is 11.9 Å². The van der Waals surface area contributed by atoms with E-state index in [2.05, 4.69) is 11.4 Å². The Kier molecular flexibility index (Phi) is 4.15. The second kappa shape index (κ2) is 5.82. The summed E-state index contributed by atoms with van der Waals surface area (Å²) in [5.41, 5.74) is 1.11. The van der Waals surface area contributed by atoms with Gasteiger partial charge >= 0.3 is 0 Å². The maximum Gasteiger partial charge on any atom is 0.123 e. The van der Waals surface area contributed by atoms with Gasteiger partial charge in [0.1, 0.15) is 11.6 Å². The molecule has 0 bridgehead atoms. The van der Waals surface area contributed by atoms with Gasteiger partial charge in [0.15, 0.2) is 0 Å². The monoisotopic (exact) mass is 235 g/mol. The van der Waals surface area contributed by atoms with Gasteiger partial charge in [-0.3, -0.25) is 0 Å². The first-order valence-electron chi connectivity index (χ1n) is 6.04. The van der Waals surface area contributed by atoms with Gasteiger partial charge in [0, 0.05) is 0 Å². The zero-order valence-electron chi connectivity index (χ0n) is 10.1. The van der Waals surface area contributed by atoms with Gasteiger partial charge in [0.05, 0.1) is 12.6 Å². The molecule has 3 heteroatoms. The van der Waals surface area contributed by atoms with E-state index in [0.717, 1.165) is 37.2 Å². The normalized spacial score (nSPS) is 17.2. The zero-order chi connectivity index (χ0) is 12.1. The lowest BCUT2D eigenvalue weighted by Crippen LogP contribution is -2.32. The van der Waals surface area contributed by atoms with Crippen molar-refractivity contribution >= 4 is 0 Å². The first kappa shape index (κ1) is 12.1. The molecule has 1 aromatic carbocycles. The highest BCUT2D eigenvalue weighted by atomic mass is 19.1. The molecule has 0 fully saturated rings. The van der Waals surface area contributed by atoms with Crippen LogP contribution in [0.4, 0.5) is 4.39 Å². The van der Waals surface area contributed by atoms with Crippen LogP contribution in [0.1, 0.15) is 18.4 Å². The fourth-order valence-electron chi connectivity index (χ4n) is 2.02. The van der Waals surface area contributed by atoms with Gasteiger partial charge in [-0.1, -0.05) is 12.1 Å². The summed E-state index contributed by atoms with van der Waals surface area (Å²) in [4.78, 5) is 0. The zero-order valence-corrected chi connectivity index (χ0v) is 10.1. The van der Waals surface area contributed by atoms with Gasteiger partial charge < -0.3 is 10.1 Å². The predicted molar refractivity (Wildman–Crippen MR) is 66.2 cm³/mol. The van der Waals surface area contributed by atoms with Crippen molar-refractivity contribution < 1.29 is 9.13 Å². The minimum atomic E-state index is -0.192. The maximum absolute atomic E-state index is 12.8. The predicted octanol–water partition coefficient (Wildman–Crippen LogP) is 2.65. The topological polar surface area (TPSA) is 21.3 Å². The maximum atomic E-state index is 12.8. The van der Waals surface area contributed by atoms with Gasteiger partial charge in [0.2, 0.25) is 0 Å². The van der Waals surface area contributed by atoms with Crippen molar-refractivity contribution in [1.29, 1.82) is 0 Å². The second-order valence-corrected chi connectivity index (χ2v) is 4.27. The van der Waals surface area contributed by atoms with E-state index in [1.807, 2.05) is 19.2 Å². The third-order valence-corrected chi connectivity index (χ3v) is 3.01. The number of halogens is 1. The molecule has 92 valence electrons. The molecule has 1 aliphatic rings. The Bertz CT molecular complexity index is 386. The molecule has 17 heavy (non-hydrogen) atoms. The molecule has 0 spiro atoms. The Balaban J connectivity index is 2.04. The van der Waals surface area contributed by atoms with E-state index in [1.165, 1.54) is 12.1 Å². The highest BCUT2D eigenvalue weighted by Gasteiger charge is 2.16. The van der Waals surface area contributed by atoms with Crippen molar-refractivity contribution in [2.75, 3.05) is 13.7 Å². The van der Waals surface area contributed by atoms with Crippen molar-refractivity contribution in [2.24, 2.45) is 0 Å². The molecule has 0 aromatic heterocycles. The summed E-state index contributed by atoms with van der Waals surface area (Å²) < 4.78 is 18.5. The number of benzene rings is 1. The molecule has 1 N–H and O–H groups in total. The Morgan fingerprint density at radius 1 is 1.35 bits per heavy atom. The number of hydrogen-bond donors (Lipinski definition) is 1. The molecule has 0 amide bonds. The summed E-state index contributed by atoms with van der Waals surface area (Å²) in [5, 5.41) is 3.25. The van der Waals surface area contributed by atoms with E-state index in [4.69, 9.17) is 4.74 Å². The standard InChI is InChI=1S/C14H18FNO/c1-16-13(14-4-2-3-9-17-14)10-11-5-7-12(15)8-6-11/h4-8,13,16H,2-3,9-10H2,1H3. The summed E-state index contributed by atoms with van der Waals surface area (Å²) in [6.07, 6.45) is 5.14. The van der Waals surface area contributed by atoms with Gasteiger partial charge in [-0.05, 0) is 50.1 Å². The molecule has 1 atom stereocenters. The summed E-state index contributed by atoms with van der Waals surface area (Å²) in [5.74, 6) is 0.825. The van der Waals surface area contributed by atoms with Crippen LogP contribution < -0.4 is 5.32 Å². The second-order valence-electron chi connectivity index (χ2n) is 4.27. The Hall–Kier alpha value is -1.35. The average molecular weight is 235 g/mol. The van der Waals surface area contributed by atoms with Crippen LogP contribution in [-0.2, 0) is 11.2 Å². The van der Waals surface area contributed by atoms with E-state index in [0.29, 0.717) is 0 Å². The summed E-state index contributed by atoms with van der Waals surface area (Å²) >= 11 is 0. The van der Waals surface area contributed by atoms with Crippen molar-refractivity contribution in [1.82, 2.24) is 5.32 Å². The van der Waals surface area contributed by atoms with Crippen molar-refractivity contribution in [3.63, 3.8) is 0 Å². The number of ether oxygens (including phenoxy) is 1. The SMILES string of the molecule is CNC(Cc1ccc(F)cc1)C1=CCCCO1. The minimum absolute atomic E-state index is 0.181. The number of allylic oxidation sites excluding steroid dienone is 1. The highest BCUT2D eigenvalue weighted by Crippen LogP contribution is 2.17. The molecule has 0 saturated carbocycles. The van der Waals surface area contributed by atoms with Gasteiger partial charge in [-0.15, -0.1) is 0 Å². The first-order chi connectivity index (χ1) is 8.29. The summed E-state index contributed by atoms with van der Waals surface area (Å²) in [6.45, 7) is 0.799. The van der Waals surface area contributed by atoms with Crippen LogP contribution in [0.3, 0.4) is 0 Å². The molecule has 1 unspecified atom stereocenters. The van der Waals surface area contributed by atoms with Gasteiger partial charge in [-0.2, -0.15) is 0 Å². The van der Waals surface area contributed by atoms with Crippen LogP contribution in [-0.4, -0.2) is 19.7 Å². The van der Waals surface area contributed by atoms with Crippen LogP contribution >= 0.6 is 0 Å². The number of nitrogens with one attached hydrogen (secondary N) is 1. The van der Waals surface area contributed by atoms with Crippen LogP contribution in [0.25, 0.3) is 0 Å². The first-order valence-corrected chi connectivity index (χ1v) is 6.04. The largest absolute Gasteiger partial charge is 0.497 e. The van der Waals surface area contributed by atoms with Crippen LogP contribution in [0, 0.1) is 5.82 Å². The average Bonchev–Trinajstić information content (AvgIpc) is 2.39. The highest BCUT2D eigenvalue weighted by molar-refractivity contribution is 5.20. The molecule has 1 aromatic rings. The Labute approximate surface area is 101 Å². The minimum Gasteiger partial charge on any atom is -0.497 e. The molecule has 0 radical (unpaired) electrons. The molecule has 0 saturated heterocycles. The molecule has 2 nitrogen and oxygen atoms in total.